The van der Waals surface area contributed by atoms with Crippen LogP contribution in [0.1, 0.15) is 121 Å². The van der Waals surface area contributed by atoms with Crippen molar-refractivity contribution in [3.63, 3.8) is 0 Å². The molecule has 16 nitrogen and oxygen atoms in total. The maximum Gasteiger partial charge on any atom is 0.257 e. The number of aromatic nitrogens is 2. The van der Waals surface area contributed by atoms with Crippen LogP contribution in [0.15, 0.2) is 48.5 Å². The monoisotopic (exact) mass is 908 g/mol. The lowest BCUT2D eigenvalue weighted by atomic mass is 10.00. The standard InChI is InChI=1S/C50H69N9O7/c1-6-8-9-10-24-58(7-2)46-35-43(37(3)52-48(62)38-18-20-41(21-19-38)59-28-33-66-34-29-59)54-45(55-46)17-13-31-65-32-27-57-25-22-40(23-26-57)53-42-15-11-14-39(36-61)47(42)50(64)56(5)44(16-12-30-60)49(63)51-4/h11,14-15,18-21,30,35-37,40,44,53H,6-10,12,16,22-29,31-34H2,1-5H3,(H,51,63)(H,52,62). The van der Waals surface area contributed by atoms with Crippen LogP contribution < -0.4 is 25.8 Å². The summed E-state index contributed by atoms with van der Waals surface area (Å²) in [5.74, 6) is 6.35. The first-order valence-electron chi connectivity index (χ1n) is 23.5. The summed E-state index contributed by atoms with van der Waals surface area (Å²) in [4.78, 5) is 80.8. The molecule has 3 N–H and O–H groups in total. The summed E-state index contributed by atoms with van der Waals surface area (Å²) in [5.41, 5.74) is 3.29. The van der Waals surface area contributed by atoms with E-state index in [1.807, 2.05) is 37.3 Å². The van der Waals surface area contributed by atoms with Crippen molar-refractivity contribution >= 4 is 47.5 Å². The predicted molar refractivity (Wildman–Crippen MR) is 257 cm³/mol. The first-order chi connectivity index (χ1) is 32.1. The molecule has 1 aromatic heterocycles. The summed E-state index contributed by atoms with van der Waals surface area (Å²) >= 11 is 0. The van der Waals surface area contributed by atoms with Gasteiger partial charge < -0.3 is 49.8 Å². The van der Waals surface area contributed by atoms with Crippen LogP contribution in [0.25, 0.3) is 0 Å². The lowest BCUT2D eigenvalue weighted by molar-refractivity contribution is -0.125. The van der Waals surface area contributed by atoms with E-state index in [0.717, 1.165) is 95.7 Å². The smallest absolute Gasteiger partial charge is 0.257 e. The Kier molecular flexibility index (Phi) is 20.8. The number of rotatable bonds is 24. The lowest BCUT2D eigenvalue weighted by Gasteiger charge is -2.33. The molecule has 2 aliphatic rings. The van der Waals surface area contributed by atoms with E-state index in [9.17, 15) is 24.0 Å². The van der Waals surface area contributed by atoms with Crippen molar-refractivity contribution in [3.8, 4) is 11.8 Å². The second-order valence-electron chi connectivity index (χ2n) is 16.7. The van der Waals surface area contributed by atoms with Crippen molar-refractivity contribution in [3.05, 3.63) is 76.7 Å². The van der Waals surface area contributed by atoms with E-state index in [0.29, 0.717) is 48.9 Å². The third-order valence-corrected chi connectivity index (χ3v) is 12.2. The fraction of sp³-hybridized carbons (Fsp3) is 0.540. The number of carbonyl (C=O) groups is 5. The van der Waals surface area contributed by atoms with E-state index in [1.54, 1.807) is 18.2 Å². The van der Waals surface area contributed by atoms with Crippen LogP contribution in [0.3, 0.4) is 0 Å². The molecular formula is C50H69N9O7. The highest BCUT2D eigenvalue weighted by Gasteiger charge is 2.30. The van der Waals surface area contributed by atoms with E-state index in [4.69, 9.17) is 19.4 Å². The molecule has 2 unspecified atom stereocenters. The number of hydrogen-bond acceptors (Lipinski definition) is 13. The Morgan fingerprint density at radius 2 is 1.76 bits per heavy atom. The third-order valence-electron chi connectivity index (χ3n) is 12.2. The summed E-state index contributed by atoms with van der Waals surface area (Å²) < 4.78 is 11.4. The van der Waals surface area contributed by atoms with Crippen LogP contribution >= 0.6 is 0 Å². The Balaban J connectivity index is 1.15. The van der Waals surface area contributed by atoms with Gasteiger partial charge in [-0.05, 0) is 75.8 Å². The van der Waals surface area contributed by atoms with Gasteiger partial charge in [-0.25, -0.2) is 9.97 Å². The molecule has 0 aliphatic carbocycles. The zero-order chi connectivity index (χ0) is 47.3. The average Bonchev–Trinajstić information content (AvgIpc) is 3.35. The molecule has 16 heteroatoms. The number of hydrogen-bond donors (Lipinski definition) is 3. The van der Waals surface area contributed by atoms with Gasteiger partial charge in [-0.2, -0.15) is 0 Å². The van der Waals surface area contributed by atoms with Gasteiger partial charge in [-0.1, -0.05) is 44.2 Å². The van der Waals surface area contributed by atoms with Gasteiger partial charge in [0.15, 0.2) is 6.29 Å². The molecular weight excluding hydrogens is 839 g/mol. The number of likely N-dealkylation sites (N-methyl/N-ethyl adjacent to an activating group) is 2. The number of ether oxygens (including phenoxy) is 2. The summed E-state index contributed by atoms with van der Waals surface area (Å²) in [6.07, 6.45) is 7.80. The SMILES string of the molecule is CCCCCCN(CC)c1cc(C(C)NC(=O)c2ccc(N3CCOCC3)cc2)nc(C#CCOCCN2CCC(Nc3cccc(C=O)c3C(=O)N(C)C(CCC=O)C(=O)NC)CC2)n1. The van der Waals surface area contributed by atoms with E-state index >= 15 is 0 Å². The predicted octanol–water partition coefficient (Wildman–Crippen LogP) is 5.13. The molecule has 356 valence electrons. The second kappa shape index (κ2) is 26.9. The van der Waals surface area contributed by atoms with Crippen molar-refractivity contribution in [1.29, 1.82) is 0 Å². The molecule has 2 aliphatic heterocycles. The molecule has 3 amide bonds. The number of nitrogens with zero attached hydrogens (tertiary/aromatic N) is 6. The minimum Gasteiger partial charge on any atom is -0.382 e. The largest absolute Gasteiger partial charge is 0.382 e. The normalized spacial score (nSPS) is 15.1. The van der Waals surface area contributed by atoms with Crippen LogP contribution in [0.5, 0.6) is 0 Å². The maximum absolute atomic E-state index is 13.8. The molecule has 66 heavy (non-hydrogen) atoms. The topological polar surface area (TPSA) is 179 Å². The molecule has 2 saturated heterocycles. The van der Waals surface area contributed by atoms with Gasteiger partial charge in [0, 0.05) is 101 Å². The fourth-order valence-corrected chi connectivity index (χ4v) is 8.25. The van der Waals surface area contributed by atoms with E-state index in [2.05, 4.69) is 56.3 Å². The molecule has 0 spiro atoms. The first-order valence-corrected chi connectivity index (χ1v) is 23.5. The molecule has 0 saturated carbocycles. The summed E-state index contributed by atoms with van der Waals surface area (Å²) in [5, 5.41) is 9.19. The Morgan fingerprint density at radius 1 is 1.00 bits per heavy atom. The molecule has 2 aromatic carbocycles. The Labute approximate surface area is 390 Å². The van der Waals surface area contributed by atoms with Crippen molar-refractivity contribution in [2.24, 2.45) is 0 Å². The van der Waals surface area contributed by atoms with Crippen LogP contribution in [0.2, 0.25) is 0 Å². The Morgan fingerprint density at radius 3 is 2.44 bits per heavy atom. The Hall–Kier alpha value is -5.89. The fourth-order valence-electron chi connectivity index (χ4n) is 8.25. The second-order valence-corrected chi connectivity index (χ2v) is 16.7. The van der Waals surface area contributed by atoms with Gasteiger partial charge in [0.2, 0.25) is 11.7 Å². The molecule has 2 fully saturated rings. The van der Waals surface area contributed by atoms with Gasteiger partial charge in [0.25, 0.3) is 11.8 Å². The third kappa shape index (κ3) is 14.8. The van der Waals surface area contributed by atoms with Gasteiger partial charge in [-0.15, -0.1) is 0 Å². The molecule has 5 rings (SSSR count). The quantitative estimate of drug-likeness (QED) is 0.0613. The number of unbranched alkanes of at least 4 members (excludes halogenated alkanes) is 3. The number of likely N-dealkylation sites (tertiary alicyclic amines) is 1. The van der Waals surface area contributed by atoms with Crippen molar-refractivity contribution < 1.29 is 33.4 Å². The van der Waals surface area contributed by atoms with E-state index < -0.39 is 18.0 Å². The van der Waals surface area contributed by atoms with Crippen molar-refractivity contribution in [1.82, 2.24) is 30.4 Å². The zero-order valence-electron chi connectivity index (χ0n) is 39.5. The molecule has 0 bridgehead atoms. The molecule has 3 heterocycles. The molecule has 3 aromatic rings. The highest BCUT2D eigenvalue weighted by atomic mass is 16.5. The maximum atomic E-state index is 13.8. The van der Waals surface area contributed by atoms with Crippen molar-refractivity contribution in [2.75, 3.05) is 101 Å². The number of nitrogens with one attached hydrogen (secondary N) is 3. The van der Waals surface area contributed by atoms with Crippen molar-refractivity contribution in [2.45, 2.75) is 90.3 Å². The first kappa shape index (κ1) is 51.1. The van der Waals surface area contributed by atoms with Gasteiger partial charge >= 0.3 is 0 Å². The number of carbonyl (C=O) groups excluding carboxylic acids is 5. The van der Waals surface area contributed by atoms with E-state index in [-0.39, 0.29) is 48.4 Å². The van der Waals surface area contributed by atoms with Gasteiger partial charge in [0.1, 0.15) is 24.8 Å². The van der Waals surface area contributed by atoms with Crippen LogP contribution in [0.4, 0.5) is 17.2 Å². The lowest BCUT2D eigenvalue weighted by Crippen LogP contribution is -2.47. The summed E-state index contributed by atoms with van der Waals surface area (Å²) in [7, 11) is 3.00. The number of benzene rings is 2. The van der Waals surface area contributed by atoms with Gasteiger partial charge in [-0.3, -0.25) is 19.2 Å². The summed E-state index contributed by atoms with van der Waals surface area (Å²) in [6, 6.07) is 13.5. The highest BCUT2D eigenvalue weighted by Crippen LogP contribution is 2.26. The molecule has 0 radical (unpaired) electrons. The van der Waals surface area contributed by atoms with Crippen LogP contribution in [-0.2, 0) is 19.1 Å². The number of morpholine rings is 1. The number of anilines is 3. The van der Waals surface area contributed by atoms with Crippen LogP contribution in [0, 0.1) is 11.8 Å². The van der Waals surface area contributed by atoms with E-state index in [1.165, 1.54) is 25.4 Å². The van der Waals surface area contributed by atoms with Crippen LogP contribution in [-0.4, -0.2) is 148 Å². The van der Waals surface area contributed by atoms with Gasteiger partial charge in [0.05, 0.1) is 37.1 Å². The zero-order valence-corrected chi connectivity index (χ0v) is 39.5. The number of piperidine rings is 1. The highest BCUT2D eigenvalue weighted by molar-refractivity contribution is 6.07. The molecule has 2 atom stereocenters. The number of amides is 3. The number of aldehydes is 2. The minimum atomic E-state index is -0.864. The Bertz CT molecular complexity index is 2110. The average molecular weight is 908 g/mol. The minimum absolute atomic E-state index is 0.0559. The summed E-state index contributed by atoms with van der Waals surface area (Å²) in [6.45, 7) is 14.0.